The van der Waals surface area contributed by atoms with E-state index in [1.54, 1.807) is 0 Å². The Labute approximate surface area is 137 Å². The van der Waals surface area contributed by atoms with Crippen LogP contribution in [0.2, 0.25) is 0 Å². The molecule has 2 rings (SSSR count). The molecule has 0 unspecified atom stereocenters. The van der Waals surface area contributed by atoms with Crippen molar-refractivity contribution in [1.29, 1.82) is 0 Å². The number of hydrogen-bond donors (Lipinski definition) is 1. The summed E-state index contributed by atoms with van der Waals surface area (Å²) in [5.74, 6) is -2.06. The molecule has 0 aliphatic carbocycles. The maximum Gasteiger partial charge on any atom is 0.262 e. The zero-order chi connectivity index (χ0) is 17.7. The van der Waals surface area contributed by atoms with Crippen LogP contribution >= 0.6 is 0 Å². The van der Waals surface area contributed by atoms with E-state index in [0.717, 1.165) is 6.07 Å². The van der Waals surface area contributed by atoms with E-state index in [9.17, 15) is 18.4 Å². The van der Waals surface area contributed by atoms with Crippen molar-refractivity contribution in [2.45, 2.75) is 6.42 Å². The van der Waals surface area contributed by atoms with Gasteiger partial charge in [-0.3, -0.25) is 9.59 Å². The number of nitrogens with two attached hydrogens (primary N) is 1. The second-order valence-electron chi connectivity index (χ2n) is 4.99. The molecule has 0 spiro atoms. The van der Waals surface area contributed by atoms with Crippen molar-refractivity contribution >= 4 is 17.5 Å². The molecule has 0 aliphatic heterocycles. The van der Waals surface area contributed by atoms with Crippen LogP contribution in [-0.4, -0.2) is 25.5 Å². The first-order chi connectivity index (χ1) is 11.4. The van der Waals surface area contributed by atoms with E-state index in [-0.39, 0.29) is 24.3 Å². The van der Waals surface area contributed by atoms with E-state index in [1.807, 2.05) is 0 Å². The van der Waals surface area contributed by atoms with Gasteiger partial charge in [-0.05, 0) is 42.5 Å². The van der Waals surface area contributed by atoms with Crippen molar-refractivity contribution in [2.24, 2.45) is 5.73 Å². The first-order valence-electron chi connectivity index (χ1n) is 7.11. The lowest BCUT2D eigenvalue weighted by atomic mass is 10.1. The van der Waals surface area contributed by atoms with Crippen molar-refractivity contribution < 1.29 is 23.1 Å². The lowest BCUT2D eigenvalue weighted by molar-refractivity contribution is -0.117. The molecule has 2 aromatic rings. The van der Waals surface area contributed by atoms with Crippen LogP contribution in [0.25, 0.3) is 0 Å². The van der Waals surface area contributed by atoms with Gasteiger partial charge in [-0.15, -0.1) is 0 Å². The summed E-state index contributed by atoms with van der Waals surface area (Å²) in [6.07, 6.45) is -0.0965. The average Bonchev–Trinajstić information content (AvgIpc) is 2.56. The lowest BCUT2D eigenvalue weighted by Gasteiger charge is -2.23. The van der Waals surface area contributed by atoms with Crippen molar-refractivity contribution in [3.63, 3.8) is 0 Å². The summed E-state index contributed by atoms with van der Waals surface area (Å²) in [4.78, 5) is 25.1. The summed E-state index contributed by atoms with van der Waals surface area (Å²) in [5.41, 5.74) is 5.49. The topological polar surface area (TPSA) is 72.6 Å². The van der Waals surface area contributed by atoms with Gasteiger partial charge in [-0.25, -0.2) is 8.78 Å². The van der Waals surface area contributed by atoms with Crippen LogP contribution in [0.4, 0.5) is 14.5 Å². The summed E-state index contributed by atoms with van der Waals surface area (Å²) >= 11 is 0. The third kappa shape index (κ3) is 4.07. The van der Waals surface area contributed by atoms with E-state index in [2.05, 4.69) is 0 Å². The minimum atomic E-state index is -0.604. The Morgan fingerprint density at radius 1 is 1.08 bits per heavy atom. The third-order valence-corrected chi connectivity index (χ3v) is 3.36. The van der Waals surface area contributed by atoms with Crippen LogP contribution in [0.15, 0.2) is 42.5 Å². The van der Waals surface area contributed by atoms with Crippen LogP contribution in [0.5, 0.6) is 5.75 Å². The normalized spacial score (nSPS) is 10.3. The number of carbonyl (C=O) groups excluding carboxylic acids is 2. The maximum atomic E-state index is 13.5. The van der Waals surface area contributed by atoms with Gasteiger partial charge in [0.25, 0.3) is 5.91 Å². The van der Waals surface area contributed by atoms with Gasteiger partial charge in [0.1, 0.15) is 17.4 Å². The SMILES string of the molecule is COc1ccc(F)cc1C(=O)N(CCC(N)=O)c1ccc(F)cc1. The fourth-order valence-corrected chi connectivity index (χ4v) is 2.18. The molecule has 2 aromatic carbocycles. The molecule has 7 heteroatoms. The largest absolute Gasteiger partial charge is 0.496 e. The molecule has 0 aliphatic rings. The number of ether oxygens (including phenoxy) is 1. The minimum absolute atomic E-state index is 0.00806. The number of nitrogens with zero attached hydrogens (tertiary/aromatic N) is 1. The Morgan fingerprint density at radius 3 is 2.29 bits per heavy atom. The van der Waals surface area contributed by atoms with Crippen LogP contribution in [0.3, 0.4) is 0 Å². The number of halogens is 2. The third-order valence-electron chi connectivity index (χ3n) is 3.36. The molecular weight excluding hydrogens is 318 g/mol. The van der Waals surface area contributed by atoms with Gasteiger partial charge in [0, 0.05) is 18.7 Å². The van der Waals surface area contributed by atoms with Crippen molar-refractivity contribution in [1.82, 2.24) is 0 Å². The quantitative estimate of drug-likeness (QED) is 0.882. The monoisotopic (exact) mass is 334 g/mol. The number of methoxy groups -OCH3 is 1. The number of anilines is 1. The highest BCUT2D eigenvalue weighted by atomic mass is 19.1. The molecule has 0 bridgehead atoms. The summed E-state index contributed by atoms with van der Waals surface area (Å²) in [7, 11) is 1.36. The predicted octanol–water partition coefficient (Wildman–Crippen LogP) is 2.50. The number of rotatable bonds is 6. The number of amides is 2. The fraction of sp³-hybridized carbons (Fsp3) is 0.176. The summed E-state index contributed by atoms with van der Waals surface area (Å²) in [5, 5.41) is 0. The average molecular weight is 334 g/mol. The first kappa shape index (κ1) is 17.4. The van der Waals surface area contributed by atoms with Gasteiger partial charge in [0.05, 0.1) is 12.7 Å². The molecule has 126 valence electrons. The number of carbonyl (C=O) groups is 2. The van der Waals surface area contributed by atoms with E-state index < -0.39 is 23.4 Å². The van der Waals surface area contributed by atoms with Gasteiger partial charge in [0.15, 0.2) is 0 Å². The molecule has 0 saturated carbocycles. The van der Waals surface area contributed by atoms with Crippen molar-refractivity contribution in [3.8, 4) is 5.75 Å². The number of hydrogen-bond acceptors (Lipinski definition) is 3. The zero-order valence-corrected chi connectivity index (χ0v) is 13.0. The Bertz CT molecular complexity index is 748. The van der Waals surface area contributed by atoms with Crippen LogP contribution in [0, 0.1) is 11.6 Å². The van der Waals surface area contributed by atoms with Crippen LogP contribution in [0.1, 0.15) is 16.8 Å². The highest BCUT2D eigenvalue weighted by Crippen LogP contribution is 2.24. The van der Waals surface area contributed by atoms with Gasteiger partial charge in [-0.2, -0.15) is 0 Å². The molecule has 2 amide bonds. The summed E-state index contributed by atoms with van der Waals surface area (Å²) in [6, 6.07) is 8.69. The highest BCUT2D eigenvalue weighted by Gasteiger charge is 2.22. The van der Waals surface area contributed by atoms with Crippen LogP contribution in [-0.2, 0) is 4.79 Å². The van der Waals surface area contributed by atoms with E-state index in [4.69, 9.17) is 10.5 Å². The predicted molar refractivity (Wildman–Crippen MR) is 84.8 cm³/mol. The number of benzene rings is 2. The van der Waals surface area contributed by atoms with Crippen molar-refractivity contribution in [2.75, 3.05) is 18.6 Å². The lowest BCUT2D eigenvalue weighted by Crippen LogP contribution is -2.34. The molecule has 24 heavy (non-hydrogen) atoms. The van der Waals surface area contributed by atoms with E-state index in [0.29, 0.717) is 5.69 Å². The first-order valence-corrected chi connectivity index (χ1v) is 7.11. The fourth-order valence-electron chi connectivity index (χ4n) is 2.18. The standard InChI is InChI=1S/C17H16F2N2O3/c1-24-15-7-4-12(19)10-14(15)17(23)21(9-8-16(20)22)13-5-2-11(18)3-6-13/h2-7,10H,8-9H2,1H3,(H2,20,22). The Balaban J connectivity index is 2.42. The van der Waals surface area contributed by atoms with Gasteiger partial charge < -0.3 is 15.4 Å². The van der Waals surface area contributed by atoms with Gasteiger partial charge >= 0.3 is 0 Å². The smallest absolute Gasteiger partial charge is 0.262 e. The molecule has 0 aromatic heterocycles. The second-order valence-corrected chi connectivity index (χ2v) is 4.99. The Kier molecular flexibility index (Phi) is 5.47. The summed E-state index contributed by atoms with van der Waals surface area (Å²) in [6.45, 7) is -0.0283. The second kappa shape index (κ2) is 7.54. The van der Waals surface area contributed by atoms with Crippen molar-refractivity contribution in [3.05, 3.63) is 59.7 Å². The number of primary amides is 1. The molecule has 0 radical (unpaired) electrons. The molecule has 2 N–H and O–H groups in total. The minimum Gasteiger partial charge on any atom is -0.496 e. The van der Waals surface area contributed by atoms with Crippen LogP contribution < -0.4 is 15.4 Å². The molecule has 5 nitrogen and oxygen atoms in total. The van der Waals surface area contributed by atoms with Gasteiger partial charge in [0.2, 0.25) is 5.91 Å². The molecular formula is C17H16F2N2O3. The Hall–Kier alpha value is -2.96. The summed E-state index contributed by atoms with van der Waals surface area (Å²) < 4.78 is 31.7. The molecule has 0 atom stereocenters. The van der Waals surface area contributed by atoms with E-state index in [1.165, 1.54) is 48.4 Å². The Morgan fingerprint density at radius 2 is 1.71 bits per heavy atom. The van der Waals surface area contributed by atoms with Gasteiger partial charge in [-0.1, -0.05) is 0 Å². The highest BCUT2D eigenvalue weighted by molar-refractivity contribution is 6.08. The molecule has 0 heterocycles. The van der Waals surface area contributed by atoms with E-state index >= 15 is 0 Å². The maximum absolute atomic E-state index is 13.5. The molecule has 0 saturated heterocycles. The molecule has 0 fully saturated rings. The zero-order valence-electron chi connectivity index (χ0n) is 13.0.